The topological polar surface area (TPSA) is 45.2 Å². The number of aryl methyl sites for hydroxylation is 1. The van der Waals surface area contributed by atoms with Gasteiger partial charge in [0.05, 0.1) is 0 Å². The Bertz CT molecular complexity index is 431. The molecule has 12 heavy (non-hydrogen) atoms. The van der Waals surface area contributed by atoms with Gasteiger partial charge in [0, 0.05) is 16.6 Å². The van der Waals surface area contributed by atoms with E-state index < -0.39 is 0 Å². The van der Waals surface area contributed by atoms with Gasteiger partial charge in [-0.2, -0.15) is 0 Å². The fraction of sp³-hybridized carbons (Fsp3) is 0.111. The molecule has 0 aliphatic heterocycles. The van der Waals surface area contributed by atoms with Crippen LogP contribution < -0.4 is 0 Å². The van der Waals surface area contributed by atoms with Gasteiger partial charge in [-0.15, -0.1) is 4.91 Å². The van der Waals surface area contributed by atoms with Gasteiger partial charge in [-0.25, -0.2) is 0 Å². The number of hydrogen-bond acceptors (Lipinski definition) is 2. The summed E-state index contributed by atoms with van der Waals surface area (Å²) in [5.74, 6) is 0. The zero-order valence-electron chi connectivity index (χ0n) is 6.66. The highest BCUT2D eigenvalue weighted by Crippen LogP contribution is 2.25. The molecule has 1 aromatic carbocycles. The van der Waals surface area contributed by atoms with Gasteiger partial charge in [-0.05, 0) is 30.3 Å². The molecule has 0 saturated carbocycles. The minimum atomic E-state index is 0.497. The van der Waals surface area contributed by atoms with Gasteiger partial charge < -0.3 is 4.98 Å². The first-order valence-corrected chi connectivity index (χ1v) is 3.73. The summed E-state index contributed by atoms with van der Waals surface area (Å²) < 4.78 is 0. The molecule has 2 aromatic rings. The van der Waals surface area contributed by atoms with E-state index >= 15 is 0 Å². The van der Waals surface area contributed by atoms with Crippen LogP contribution in [0.15, 0.2) is 29.4 Å². The minimum absolute atomic E-state index is 0.497. The summed E-state index contributed by atoms with van der Waals surface area (Å²) in [5, 5.41) is 3.84. The zero-order valence-corrected chi connectivity index (χ0v) is 6.66. The third kappa shape index (κ3) is 0.906. The van der Waals surface area contributed by atoms with E-state index in [0.29, 0.717) is 5.69 Å². The Morgan fingerprint density at radius 2 is 2.25 bits per heavy atom. The van der Waals surface area contributed by atoms with Gasteiger partial charge in [0.1, 0.15) is 5.69 Å². The van der Waals surface area contributed by atoms with E-state index in [9.17, 15) is 4.91 Å². The van der Waals surface area contributed by atoms with Crippen molar-refractivity contribution < 1.29 is 0 Å². The molecule has 0 fully saturated rings. The predicted octanol–water partition coefficient (Wildman–Crippen LogP) is 2.87. The number of benzene rings is 1. The Labute approximate surface area is 69.4 Å². The first kappa shape index (κ1) is 7.03. The van der Waals surface area contributed by atoms with Gasteiger partial charge in [0.15, 0.2) is 0 Å². The molecule has 1 heterocycles. The molecule has 3 nitrogen and oxygen atoms in total. The van der Waals surface area contributed by atoms with Gasteiger partial charge in [-0.1, -0.05) is 6.07 Å². The van der Waals surface area contributed by atoms with Crippen LogP contribution in [0.3, 0.4) is 0 Å². The van der Waals surface area contributed by atoms with Crippen molar-refractivity contribution in [2.45, 2.75) is 6.92 Å². The van der Waals surface area contributed by atoms with Crippen LogP contribution in [0, 0.1) is 11.8 Å². The molecule has 3 heteroatoms. The van der Waals surface area contributed by atoms with Crippen LogP contribution in [0.4, 0.5) is 5.69 Å². The zero-order chi connectivity index (χ0) is 8.55. The van der Waals surface area contributed by atoms with Gasteiger partial charge in [0.2, 0.25) is 0 Å². The van der Waals surface area contributed by atoms with E-state index in [1.807, 2.05) is 25.1 Å². The lowest BCUT2D eigenvalue weighted by Crippen LogP contribution is -1.67. The second-order valence-corrected chi connectivity index (χ2v) is 2.78. The molecule has 0 bridgehead atoms. The third-order valence-corrected chi connectivity index (χ3v) is 1.87. The molecule has 0 unspecified atom stereocenters. The first-order valence-electron chi connectivity index (χ1n) is 3.73. The average Bonchev–Trinajstić information content (AvgIpc) is 2.44. The minimum Gasteiger partial charge on any atom is -0.359 e. The number of H-pyrrole nitrogens is 1. The van der Waals surface area contributed by atoms with E-state index in [4.69, 9.17) is 0 Å². The van der Waals surface area contributed by atoms with Crippen molar-refractivity contribution in [2.75, 3.05) is 0 Å². The Morgan fingerprint density at radius 1 is 1.42 bits per heavy atom. The van der Waals surface area contributed by atoms with Crippen LogP contribution in [-0.2, 0) is 0 Å². The Hall–Kier alpha value is -1.64. The standard InChI is InChI=1S/C9H8N2O/c1-6-5-7-8(10-6)3-2-4-9(7)11-12/h2-5,10H,1H3. The number of aromatic nitrogens is 1. The lowest BCUT2D eigenvalue weighted by Gasteiger charge is -1.89. The van der Waals surface area contributed by atoms with Crippen molar-refractivity contribution >= 4 is 16.6 Å². The Balaban J connectivity index is 2.86. The number of aromatic amines is 1. The second-order valence-electron chi connectivity index (χ2n) is 2.78. The number of nitrogens with one attached hydrogen (secondary N) is 1. The number of fused-ring (bicyclic) bond motifs is 1. The maximum atomic E-state index is 10.4. The van der Waals surface area contributed by atoms with E-state index in [0.717, 1.165) is 16.6 Å². The summed E-state index contributed by atoms with van der Waals surface area (Å²) in [6.07, 6.45) is 0. The molecule has 1 aromatic heterocycles. The van der Waals surface area contributed by atoms with Crippen LogP contribution >= 0.6 is 0 Å². The summed E-state index contributed by atoms with van der Waals surface area (Å²) in [4.78, 5) is 13.5. The molecular formula is C9H8N2O. The van der Waals surface area contributed by atoms with Crippen LogP contribution in [0.5, 0.6) is 0 Å². The number of hydrogen-bond donors (Lipinski definition) is 1. The summed E-state index contributed by atoms with van der Waals surface area (Å²) in [6, 6.07) is 7.38. The van der Waals surface area contributed by atoms with Gasteiger partial charge in [-0.3, -0.25) is 0 Å². The number of rotatable bonds is 1. The van der Waals surface area contributed by atoms with Crippen molar-refractivity contribution in [2.24, 2.45) is 5.18 Å². The van der Waals surface area contributed by atoms with E-state index in [1.54, 1.807) is 6.07 Å². The molecule has 2 rings (SSSR count). The molecule has 0 aliphatic carbocycles. The Kier molecular flexibility index (Phi) is 1.43. The number of nitroso groups, excluding NO2 is 1. The van der Waals surface area contributed by atoms with Crippen molar-refractivity contribution in [3.63, 3.8) is 0 Å². The third-order valence-electron chi connectivity index (χ3n) is 1.87. The molecule has 0 amide bonds. The maximum Gasteiger partial charge on any atom is 0.117 e. The van der Waals surface area contributed by atoms with Crippen molar-refractivity contribution in [1.82, 2.24) is 4.98 Å². The van der Waals surface area contributed by atoms with Crippen LogP contribution in [0.2, 0.25) is 0 Å². The molecule has 1 N–H and O–H groups in total. The fourth-order valence-corrected chi connectivity index (χ4v) is 1.36. The second kappa shape index (κ2) is 2.44. The smallest absolute Gasteiger partial charge is 0.117 e. The van der Waals surface area contributed by atoms with Crippen LogP contribution in [-0.4, -0.2) is 4.98 Å². The van der Waals surface area contributed by atoms with Crippen LogP contribution in [0.25, 0.3) is 10.9 Å². The van der Waals surface area contributed by atoms with Gasteiger partial charge in [0.25, 0.3) is 0 Å². The first-order chi connectivity index (χ1) is 5.81. The van der Waals surface area contributed by atoms with Crippen molar-refractivity contribution in [3.8, 4) is 0 Å². The maximum absolute atomic E-state index is 10.4. The molecule has 0 radical (unpaired) electrons. The molecule has 60 valence electrons. The predicted molar refractivity (Wildman–Crippen MR) is 48.5 cm³/mol. The lowest BCUT2D eigenvalue weighted by atomic mass is 10.2. The highest BCUT2D eigenvalue weighted by atomic mass is 16.3. The normalized spacial score (nSPS) is 10.4. The average molecular weight is 160 g/mol. The summed E-state index contributed by atoms with van der Waals surface area (Å²) in [5.41, 5.74) is 2.50. The van der Waals surface area contributed by atoms with Crippen molar-refractivity contribution in [1.29, 1.82) is 0 Å². The highest BCUT2D eigenvalue weighted by molar-refractivity contribution is 5.90. The monoisotopic (exact) mass is 160 g/mol. The van der Waals surface area contributed by atoms with Crippen LogP contribution in [0.1, 0.15) is 5.69 Å². The number of nitrogens with zero attached hydrogens (tertiary/aromatic N) is 1. The summed E-state index contributed by atoms with van der Waals surface area (Å²) >= 11 is 0. The quantitative estimate of drug-likeness (QED) is 0.640. The molecule has 0 atom stereocenters. The molecular weight excluding hydrogens is 152 g/mol. The van der Waals surface area contributed by atoms with E-state index in [2.05, 4.69) is 10.2 Å². The highest BCUT2D eigenvalue weighted by Gasteiger charge is 2.02. The molecule has 0 spiro atoms. The summed E-state index contributed by atoms with van der Waals surface area (Å²) in [6.45, 7) is 1.95. The lowest BCUT2D eigenvalue weighted by molar-refractivity contribution is 1.30. The van der Waals surface area contributed by atoms with Crippen molar-refractivity contribution in [3.05, 3.63) is 34.9 Å². The largest absolute Gasteiger partial charge is 0.359 e. The molecule has 0 aliphatic rings. The van der Waals surface area contributed by atoms with E-state index in [-0.39, 0.29) is 0 Å². The Morgan fingerprint density at radius 3 is 3.00 bits per heavy atom. The fourth-order valence-electron chi connectivity index (χ4n) is 1.36. The SMILES string of the molecule is Cc1cc2c(N=O)cccc2[nH]1. The van der Waals surface area contributed by atoms with E-state index in [1.165, 1.54) is 0 Å². The summed E-state index contributed by atoms with van der Waals surface area (Å²) in [7, 11) is 0. The molecule has 0 saturated heterocycles. The van der Waals surface area contributed by atoms with Gasteiger partial charge >= 0.3 is 0 Å².